The molecule has 1 aromatic carbocycles. The summed E-state index contributed by atoms with van der Waals surface area (Å²) in [6.07, 6.45) is 5.51. The lowest BCUT2D eigenvalue weighted by Crippen LogP contribution is -2.02. The molecule has 4 heteroatoms. The molecule has 0 saturated carbocycles. The van der Waals surface area contributed by atoms with Crippen LogP contribution in [-0.4, -0.2) is 19.6 Å². The number of rotatable bonds is 3. The van der Waals surface area contributed by atoms with Gasteiger partial charge in [-0.3, -0.25) is 0 Å². The maximum atomic E-state index is 9.11. The van der Waals surface area contributed by atoms with E-state index in [1.165, 1.54) is 0 Å². The minimum absolute atomic E-state index is 0.0723. The summed E-state index contributed by atoms with van der Waals surface area (Å²) in [5.74, 6) is 0.793. The molecule has 0 spiro atoms. The highest BCUT2D eigenvalue weighted by Gasteiger charge is 2.03. The van der Waals surface area contributed by atoms with Gasteiger partial charge in [0, 0.05) is 24.1 Å². The molecular weight excluding hydrogens is 226 g/mol. The van der Waals surface area contributed by atoms with E-state index in [9.17, 15) is 0 Å². The Hall–Kier alpha value is -2.20. The molecule has 3 aromatic rings. The van der Waals surface area contributed by atoms with Crippen LogP contribution in [0.25, 0.3) is 10.9 Å². The second kappa shape index (κ2) is 4.58. The van der Waals surface area contributed by atoms with Crippen LogP contribution in [0.4, 0.5) is 0 Å². The van der Waals surface area contributed by atoms with Crippen LogP contribution in [0.15, 0.2) is 48.9 Å². The third-order valence-corrected chi connectivity index (χ3v) is 2.95. The SMILES string of the molecule is OCc1ccc2c(ccn2Cc2ncccn2)c1. The highest BCUT2D eigenvalue weighted by Crippen LogP contribution is 2.18. The van der Waals surface area contributed by atoms with Gasteiger partial charge < -0.3 is 9.67 Å². The number of nitrogens with zero attached hydrogens (tertiary/aromatic N) is 3. The summed E-state index contributed by atoms with van der Waals surface area (Å²) < 4.78 is 2.10. The Balaban J connectivity index is 1.98. The van der Waals surface area contributed by atoms with Crippen molar-refractivity contribution in [1.82, 2.24) is 14.5 Å². The summed E-state index contributed by atoms with van der Waals surface area (Å²) in [4.78, 5) is 8.44. The van der Waals surface area contributed by atoms with Gasteiger partial charge in [0.05, 0.1) is 13.2 Å². The molecule has 0 fully saturated rings. The molecule has 0 saturated heterocycles. The van der Waals surface area contributed by atoms with Gasteiger partial charge in [-0.05, 0) is 35.2 Å². The first-order chi connectivity index (χ1) is 8.86. The molecular formula is C14H13N3O. The first kappa shape index (κ1) is 10.9. The maximum Gasteiger partial charge on any atom is 0.147 e. The molecule has 0 unspecified atom stereocenters. The molecule has 4 nitrogen and oxygen atoms in total. The highest BCUT2D eigenvalue weighted by molar-refractivity contribution is 5.80. The van der Waals surface area contributed by atoms with Gasteiger partial charge in [0.1, 0.15) is 5.82 Å². The van der Waals surface area contributed by atoms with Crippen LogP contribution in [0.5, 0.6) is 0 Å². The number of aliphatic hydroxyl groups is 1. The van der Waals surface area contributed by atoms with Crippen molar-refractivity contribution in [2.45, 2.75) is 13.2 Å². The fraction of sp³-hybridized carbons (Fsp3) is 0.143. The fourth-order valence-electron chi connectivity index (χ4n) is 2.05. The van der Waals surface area contributed by atoms with Crippen molar-refractivity contribution in [1.29, 1.82) is 0 Å². The Bertz CT molecular complexity index is 661. The molecule has 90 valence electrons. The number of hydrogen-bond donors (Lipinski definition) is 1. The monoisotopic (exact) mass is 239 g/mol. The minimum Gasteiger partial charge on any atom is -0.392 e. The first-order valence-electron chi connectivity index (χ1n) is 5.81. The zero-order valence-corrected chi connectivity index (χ0v) is 9.82. The van der Waals surface area contributed by atoms with Crippen LogP contribution >= 0.6 is 0 Å². The van der Waals surface area contributed by atoms with Crippen LogP contribution in [0.1, 0.15) is 11.4 Å². The average Bonchev–Trinajstić information content (AvgIpc) is 2.82. The lowest BCUT2D eigenvalue weighted by atomic mass is 10.2. The average molecular weight is 239 g/mol. The molecule has 0 aliphatic carbocycles. The minimum atomic E-state index is 0.0723. The standard InChI is InChI=1S/C14H13N3O/c18-10-11-2-3-13-12(8-11)4-7-17(13)9-14-15-5-1-6-16-14/h1-8,18H,9-10H2. The summed E-state index contributed by atoms with van der Waals surface area (Å²) in [6, 6.07) is 9.80. The molecule has 3 rings (SSSR count). The lowest BCUT2D eigenvalue weighted by molar-refractivity contribution is 0.282. The normalized spacial score (nSPS) is 10.9. The van der Waals surface area contributed by atoms with Gasteiger partial charge in [0.2, 0.25) is 0 Å². The van der Waals surface area contributed by atoms with E-state index in [2.05, 4.69) is 14.5 Å². The second-order valence-electron chi connectivity index (χ2n) is 4.16. The summed E-state index contributed by atoms with van der Waals surface area (Å²) in [6.45, 7) is 0.728. The molecule has 2 heterocycles. The van der Waals surface area contributed by atoms with Crippen molar-refractivity contribution in [2.75, 3.05) is 0 Å². The van der Waals surface area contributed by atoms with Crippen molar-refractivity contribution in [2.24, 2.45) is 0 Å². The molecule has 0 bridgehead atoms. The van der Waals surface area contributed by atoms with Crippen LogP contribution in [-0.2, 0) is 13.2 Å². The van der Waals surface area contributed by atoms with Gasteiger partial charge >= 0.3 is 0 Å². The van der Waals surface area contributed by atoms with Gasteiger partial charge in [0.25, 0.3) is 0 Å². The van der Waals surface area contributed by atoms with Crippen LogP contribution in [0.3, 0.4) is 0 Å². The largest absolute Gasteiger partial charge is 0.392 e. The predicted molar refractivity (Wildman–Crippen MR) is 69.0 cm³/mol. The van der Waals surface area contributed by atoms with Gasteiger partial charge in [-0.15, -0.1) is 0 Å². The molecule has 0 radical (unpaired) electrons. The third kappa shape index (κ3) is 1.98. The Morgan fingerprint density at radius 1 is 1.11 bits per heavy atom. The van der Waals surface area contributed by atoms with Gasteiger partial charge in [-0.1, -0.05) is 6.07 Å². The Labute approximate surface area is 105 Å². The van der Waals surface area contributed by atoms with Gasteiger partial charge in [0.15, 0.2) is 0 Å². The summed E-state index contributed by atoms with van der Waals surface area (Å²) in [5, 5.41) is 10.2. The van der Waals surface area contributed by atoms with Gasteiger partial charge in [-0.2, -0.15) is 0 Å². The van der Waals surface area contributed by atoms with E-state index in [1.807, 2.05) is 36.5 Å². The van der Waals surface area contributed by atoms with E-state index >= 15 is 0 Å². The smallest absolute Gasteiger partial charge is 0.147 e. The topological polar surface area (TPSA) is 50.9 Å². The van der Waals surface area contributed by atoms with E-state index < -0.39 is 0 Å². The number of hydrogen-bond acceptors (Lipinski definition) is 3. The third-order valence-electron chi connectivity index (χ3n) is 2.95. The number of benzene rings is 1. The predicted octanol–water partition coefficient (Wildman–Crippen LogP) is 1.97. The zero-order valence-electron chi connectivity index (χ0n) is 9.82. The molecule has 0 aliphatic heterocycles. The van der Waals surface area contributed by atoms with Crippen molar-refractivity contribution in [3.05, 3.63) is 60.3 Å². The lowest BCUT2D eigenvalue weighted by Gasteiger charge is -2.04. The van der Waals surface area contributed by atoms with Crippen molar-refractivity contribution in [3.63, 3.8) is 0 Å². The maximum absolute atomic E-state index is 9.11. The Morgan fingerprint density at radius 3 is 2.72 bits per heavy atom. The molecule has 2 aromatic heterocycles. The van der Waals surface area contributed by atoms with E-state index in [1.54, 1.807) is 12.4 Å². The number of aliphatic hydroxyl groups excluding tert-OH is 1. The van der Waals surface area contributed by atoms with Crippen molar-refractivity contribution in [3.8, 4) is 0 Å². The second-order valence-corrected chi connectivity index (χ2v) is 4.16. The first-order valence-corrected chi connectivity index (χ1v) is 5.81. The van der Waals surface area contributed by atoms with Crippen LogP contribution in [0, 0.1) is 0 Å². The molecule has 18 heavy (non-hydrogen) atoms. The molecule has 0 aliphatic rings. The quantitative estimate of drug-likeness (QED) is 0.760. The molecule has 0 amide bonds. The Morgan fingerprint density at radius 2 is 1.94 bits per heavy atom. The van der Waals surface area contributed by atoms with Crippen molar-refractivity contribution < 1.29 is 5.11 Å². The number of fused-ring (bicyclic) bond motifs is 1. The molecule has 1 N–H and O–H groups in total. The summed E-state index contributed by atoms with van der Waals surface area (Å²) in [7, 11) is 0. The van der Waals surface area contributed by atoms with E-state index in [-0.39, 0.29) is 6.61 Å². The molecule has 0 atom stereocenters. The Kier molecular flexibility index (Phi) is 2.78. The van der Waals surface area contributed by atoms with E-state index in [0.717, 1.165) is 22.3 Å². The zero-order chi connectivity index (χ0) is 12.4. The van der Waals surface area contributed by atoms with Crippen LogP contribution in [0.2, 0.25) is 0 Å². The fourth-order valence-corrected chi connectivity index (χ4v) is 2.05. The number of aromatic nitrogens is 3. The van der Waals surface area contributed by atoms with Crippen LogP contribution < -0.4 is 0 Å². The summed E-state index contributed by atoms with van der Waals surface area (Å²) in [5.41, 5.74) is 2.05. The van der Waals surface area contributed by atoms with E-state index in [4.69, 9.17) is 5.11 Å². The summed E-state index contributed by atoms with van der Waals surface area (Å²) >= 11 is 0. The van der Waals surface area contributed by atoms with E-state index in [0.29, 0.717) is 6.54 Å². The van der Waals surface area contributed by atoms with Gasteiger partial charge in [-0.25, -0.2) is 9.97 Å². The highest BCUT2D eigenvalue weighted by atomic mass is 16.3. The van der Waals surface area contributed by atoms with Crippen molar-refractivity contribution >= 4 is 10.9 Å².